The molecule has 4 rings (SSSR count). The minimum absolute atomic E-state index is 0.143. The van der Waals surface area contributed by atoms with Crippen LogP contribution in [-0.2, 0) is 4.79 Å². The highest BCUT2D eigenvalue weighted by molar-refractivity contribution is 5.96. The van der Waals surface area contributed by atoms with Crippen LogP contribution in [0.4, 0.5) is 11.8 Å². The summed E-state index contributed by atoms with van der Waals surface area (Å²) in [4.78, 5) is 28.7. The predicted molar refractivity (Wildman–Crippen MR) is 129 cm³/mol. The highest BCUT2D eigenvalue weighted by Gasteiger charge is 2.24. The van der Waals surface area contributed by atoms with Crippen LogP contribution in [-0.4, -0.2) is 61.3 Å². The molecule has 9 nitrogen and oxygen atoms in total. The van der Waals surface area contributed by atoms with Crippen LogP contribution in [0.25, 0.3) is 22.2 Å². The van der Waals surface area contributed by atoms with Gasteiger partial charge < -0.3 is 19.7 Å². The molecule has 1 aromatic carbocycles. The molecule has 1 saturated heterocycles. The van der Waals surface area contributed by atoms with E-state index in [1.807, 2.05) is 45.0 Å². The summed E-state index contributed by atoms with van der Waals surface area (Å²) in [6.07, 6.45) is 1.77. The lowest BCUT2D eigenvalue weighted by Gasteiger charge is -2.29. The highest BCUT2D eigenvalue weighted by Crippen LogP contribution is 2.34. The standard InChI is InChI=1S/C24H30N6O3/c1-24(2,3)22(31)29-23-27-20-17(21(28-23)30-10-8-25-9-11-30)12-16(14-26-20)15-6-7-18(32-4)19(13-15)33-5/h6-7,12-14,25H,8-11H2,1-5H3,(H,26,27,28,29,31). The third kappa shape index (κ3) is 4.83. The van der Waals surface area contributed by atoms with Gasteiger partial charge in [0.15, 0.2) is 17.1 Å². The van der Waals surface area contributed by atoms with Gasteiger partial charge in [-0.3, -0.25) is 10.1 Å². The number of amides is 1. The molecule has 1 fully saturated rings. The van der Waals surface area contributed by atoms with Gasteiger partial charge in [-0.1, -0.05) is 26.8 Å². The Bertz CT molecular complexity index is 1170. The van der Waals surface area contributed by atoms with Gasteiger partial charge in [-0.15, -0.1) is 0 Å². The first-order chi connectivity index (χ1) is 15.8. The van der Waals surface area contributed by atoms with Gasteiger partial charge in [0, 0.05) is 43.4 Å². The van der Waals surface area contributed by atoms with E-state index in [-0.39, 0.29) is 11.9 Å². The number of carbonyl (C=O) groups is 1. The van der Waals surface area contributed by atoms with Crippen LogP contribution in [0, 0.1) is 5.41 Å². The van der Waals surface area contributed by atoms with Gasteiger partial charge in [0.05, 0.1) is 19.6 Å². The number of carbonyl (C=O) groups excluding carboxylic acids is 1. The van der Waals surface area contributed by atoms with E-state index in [1.54, 1.807) is 20.4 Å². The Balaban J connectivity index is 1.81. The third-order valence-corrected chi connectivity index (χ3v) is 5.57. The minimum Gasteiger partial charge on any atom is -0.493 e. The number of nitrogens with one attached hydrogen (secondary N) is 2. The van der Waals surface area contributed by atoms with Crippen LogP contribution < -0.4 is 25.0 Å². The second-order valence-electron chi connectivity index (χ2n) is 8.98. The molecular formula is C24H30N6O3. The van der Waals surface area contributed by atoms with E-state index in [9.17, 15) is 4.79 Å². The van der Waals surface area contributed by atoms with E-state index in [1.165, 1.54) is 0 Å². The quantitative estimate of drug-likeness (QED) is 0.612. The molecule has 0 atom stereocenters. The van der Waals surface area contributed by atoms with Crippen molar-refractivity contribution >= 4 is 28.7 Å². The monoisotopic (exact) mass is 450 g/mol. The minimum atomic E-state index is -0.557. The Morgan fingerprint density at radius 2 is 1.76 bits per heavy atom. The van der Waals surface area contributed by atoms with Crippen molar-refractivity contribution in [3.05, 3.63) is 30.5 Å². The first-order valence-corrected chi connectivity index (χ1v) is 11.0. The van der Waals surface area contributed by atoms with Gasteiger partial charge in [0.25, 0.3) is 0 Å². The number of fused-ring (bicyclic) bond motifs is 1. The van der Waals surface area contributed by atoms with E-state index in [0.717, 1.165) is 48.5 Å². The second-order valence-corrected chi connectivity index (χ2v) is 8.98. The SMILES string of the molecule is COc1ccc(-c2cnc3nc(NC(=O)C(C)(C)C)nc(N4CCNCC4)c3c2)cc1OC. The summed E-state index contributed by atoms with van der Waals surface area (Å²) in [6, 6.07) is 7.80. The maximum atomic E-state index is 12.6. The number of pyridine rings is 1. The van der Waals surface area contributed by atoms with Crippen molar-refractivity contribution in [3.8, 4) is 22.6 Å². The van der Waals surface area contributed by atoms with Crippen molar-refractivity contribution in [2.24, 2.45) is 5.41 Å². The lowest BCUT2D eigenvalue weighted by molar-refractivity contribution is -0.123. The van der Waals surface area contributed by atoms with Crippen molar-refractivity contribution in [1.82, 2.24) is 20.3 Å². The summed E-state index contributed by atoms with van der Waals surface area (Å²) < 4.78 is 10.8. The molecule has 0 radical (unpaired) electrons. The van der Waals surface area contributed by atoms with Gasteiger partial charge in [0.1, 0.15) is 5.82 Å². The van der Waals surface area contributed by atoms with Crippen LogP contribution in [0.2, 0.25) is 0 Å². The predicted octanol–water partition coefficient (Wildman–Crippen LogP) is 3.10. The second kappa shape index (κ2) is 9.19. The Kier molecular flexibility index (Phi) is 6.33. The zero-order chi connectivity index (χ0) is 23.6. The van der Waals surface area contributed by atoms with E-state index in [2.05, 4.69) is 25.5 Å². The first kappa shape index (κ1) is 22.7. The van der Waals surface area contributed by atoms with Crippen LogP contribution in [0.15, 0.2) is 30.5 Å². The fraction of sp³-hybridized carbons (Fsp3) is 0.417. The number of anilines is 2. The summed E-state index contributed by atoms with van der Waals surface area (Å²) in [5, 5.41) is 7.05. The van der Waals surface area contributed by atoms with Crippen LogP contribution in [0.1, 0.15) is 20.8 Å². The maximum Gasteiger partial charge on any atom is 0.233 e. The maximum absolute atomic E-state index is 12.6. The molecule has 33 heavy (non-hydrogen) atoms. The number of hydrogen-bond donors (Lipinski definition) is 2. The zero-order valence-corrected chi connectivity index (χ0v) is 19.7. The van der Waals surface area contributed by atoms with E-state index < -0.39 is 5.41 Å². The van der Waals surface area contributed by atoms with Crippen molar-refractivity contribution in [3.63, 3.8) is 0 Å². The molecule has 0 bridgehead atoms. The summed E-state index contributed by atoms with van der Waals surface area (Å²) in [5.74, 6) is 2.20. The number of benzene rings is 1. The van der Waals surface area contributed by atoms with Crippen LogP contribution >= 0.6 is 0 Å². The molecule has 1 aliphatic heterocycles. The van der Waals surface area contributed by atoms with Gasteiger partial charge in [-0.2, -0.15) is 9.97 Å². The molecule has 2 N–H and O–H groups in total. The molecule has 3 aromatic rings. The van der Waals surface area contributed by atoms with Gasteiger partial charge in [0.2, 0.25) is 11.9 Å². The topological polar surface area (TPSA) is 102 Å². The van der Waals surface area contributed by atoms with Crippen molar-refractivity contribution in [1.29, 1.82) is 0 Å². The number of aromatic nitrogens is 3. The Morgan fingerprint density at radius 1 is 1.03 bits per heavy atom. The smallest absolute Gasteiger partial charge is 0.233 e. The number of methoxy groups -OCH3 is 2. The molecule has 0 aliphatic carbocycles. The molecule has 0 spiro atoms. The number of rotatable bonds is 5. The first-order valence-electron chi connectivity index (χ1n) is 11.0. The molecular weight excluding hydrogens is 420 g/mol. The molecule has 0 unspecified atom stereocenters. The number of nitrogens with zero attached hydrogens (tertiary/aromatic N) is 4. The van der Waals surface area contributed by atoms with Crippen LogP contribution in [0.3, 0.4) is 0 Å². The molecule has 2 aromatic heterocycles. The third-order valence-electron chi connectivity index (χ3n) is 5.57. The van der Waals surface area contributed by atoms with Gasteiger partial charge in [-0.25, -0.2) is 4.98 Å². The average molecular weight is 451 g/mol. The number of piperazine rings is 1. The normalized spacial score (nSPS) is 14.3. The summed E-state index contributed by atoms with van der Waals surface area (Å²) in [5.41, 5.74) is 1.83. The zero-order valence-electron chi connectivity index (χ0n) is 19.7. The average Bonchev–Trinajstić information content (AvgIpc) is 2.82. The van der Waals surface area contributed by atoms with Crippen LogP contribution in [0.5, 0.6) is 11.5 Å². The van der Waals surface area contributed by atoms with Crippen molar-refractivity contribution in [2.75, 3.05) is 50.6 Å². The van der Waals surface area contributed by atoms with Gasteiger partial charge in [-0.05, 0) is 23.8 Å². The van der Waals surface area contributed by atoms with Crippen molar-refractivity contribution < 1.29 is 14.3 Å². The molecule has 174 valence electrons. The molecule has 0 saturated carbocycles. The summed E-state index contributed by atoms with van der Waals surface area (Å²) in [6.45, 7) is 8.89. The fourth-order valence-electron chi connectivity index (χ4n) is 3.63. The van der Waals surface area contributed by atoms with Gasteiger partial charge >= 0.3 is 0 Å². The molecule has 1 aliphatic rings. The van der Waals surface area contributed by atoms with E-state index in [4.69, 9.17) is 14.5 Å². The van der Waals surface area contributed by atoms with E-state index in [0.29, 0.717) is 17.1 Å². The molecule has 3 heterocycles. The Hall–Kier alpha value is -3.46. The highest BCUT2D eigenvalue weighted by atomic mass is 16.5. The Morgan fingerprint density at radius 3 is 2.42 bits per heavy atom. The number of ether oxygens (including phenoxy) is 2. The Labute approximate surface area is 193 Å². The lowest BCUT2D eigenvalue weighted by atomic mass is 9.96. The van der Waals surface area contributed by atoms with Crippen molar-refractivity contribution in [2.45, 2.75) is 20.8 Å². The molecule has 1 amide bonds. The fourth-order valence-corrected chi connectivity index (χ4v) is 3.63. The lowest BCUT2D eigenvalue weighted by Crippen LogP contribution is -2.44. The molecule has 9 heteroatoms. The summed E-state index contributed by atoms with van der Waals surface area (Å²) >= 11 is 0. The largest absolute Gasteiger partial charge is 0.493 e. The summed E-state index contributed by atoms with van der Waals surface area (Å²) in [7, 11) is 3.23. The number of hydrogen-bond acceptors (Lipinski definition) is 8. The van der Waals surface area contributed by atoms with E-state index >= 15 is 0 Å².